The summed E-state index contributed by atoms with van der Waals surface area (Å²) in [5, 5.41) is 7.88. The fraction of sp³-hybridized carbons (Fsp3) is 0.462. The summed E-state index contributed by atoms with van der Waals surface area (Å²) < 4.78 is 22.6. The predicted molar refractivity (Wildman–Crippen MR) is 72.2 cm³/mol. The van der Waals surface area contributed by atoms with Crippen molar-refractivity contribution in [3.63, 3.8) is 0 Å². The van der Waals surface area contributed by atoms with Crippen LogP contribution in [0.2, 0.25) is 0 Å². The van der Waals surface area contributed by atoms with Crippen molar-refractivity contribution in [1.82, 2.24) is 5.32 Å². The van der Waals surface area contributed by atoms with Crippen LogP contribution in [0.15, 0.2) is 23.1 Å². The van der Waals surface area contributed by atoms with E-state index >= 15 is 0 Å². The number of rotatable bonds is 5. The van der Waals surface area contributed by atoms with Crippen LogP contribution in [0.25, 0.3) is 0 Å². The van der Waals surface area contributed by atoms with Crippen LogP contribution in [0.4, 0.5) is 0 Å². The van der Waals surface area contributed by atoms with Gasteiger partial charge in [0.1, 0.15) is 0 Å². The first kappa shape index (κ1) is 14.0. The van der Waals surface area contributed by atoms with Crippen molar-refractivity contribution < 1.29 is 13.2 Å². The molecule has 1 saturated carbocycles. The zero-order chi connectivity index (χ0) is 14.0. The summed E-state index contributed by atoms with van der Waals surface area (Å²) in [6.07, 6.45) is 3.48. The number of nitrogens with two attached hydrogens (primary N) is 1. The highest BCUT2D eigenvalue weighted by Gasteiger charge is 2.21. The molecule has 1 amide bonds. The summed E-state index contributed by atoms with van der Waals surface area (Å²) in [7, 11) is -3.79. The number of primary sulfonamides is 1. The van der Waals surface area contributed by atoms with Gasteiger partial charge in [-0.05, 0) is 43.0 Å². The standard InChI is InChI=1S/C13H18N2O3S/c1-9-6-11(8-12(7-9)19(14,17)18)13(16)15-5-4-10-2-3-10/h6-8,10H,2-5H2,1H3,(H,15,16)(H2,14,17,18). The third kappa shape index (κ3) is 4.04. The number of sulfonamides is 1. The van der Waals surface area contributed by atoms with Gasteiger partial charge in [-0.15, -0.1) is 0 Å². The third-order valence-corrected chi connectivity index (χ3v) is 4.07. The molecule has 0 aromatic heterocycles. The van der Waals surface area contributed by atoms with Gasteiger partial charge < -0.3 is 5.32 Å². The van der Waals surface area contributed by atoms with Crippen molar-refractivity contribution in [2.75, 3.05) is 6.54 Å². The van der Waals surface area contributed by atoms with E-state index in [1.54, 1.807) is 13.0 Å². The first-order valence-electron chi connectivity index (χ1n) is 6.29. The molecule has 0 unspecified atom stereocenters. The molecule has 104 valence electrons. The molecular formula is C13H18N2O3S. The summed E-state index contributed by atoms with van der Waals surface area (Å²) in [4.78, 5) is 11.9. The molecule has 0 aliphatic heterocycles. The third-order valence-electron chi connectivity index (χ3n) is 3.18. The van der Waals surface area contributed by atoms with E-state index in [0.717, 1.165) is 12.3 Å². The molecule has 0 spiro atoms. The predicted octanol–water partition coefficient (Wildman–Crippen LogP) is 1.17. The monoisotopic (exact) mass is 282 g/mol. The second-order valence-electron chi connectivity index (χ2n) is 5.07. The summed E-state index contributed by atoms with van der Waals surface area (Å²) in [6, 6.07) is 4.42. The number of aryl methyl sites for hydroxylation is 1. The van der Waals surface area contributed by atoms with Crippen LogP contribution >= 0.6 is 0 Å². The lowest BCUT2D eigenvalue weighted by Gasteiger charge is -2.07. The second-order valence-corrected chi connectivity index (χ2v) is 6.63. The highest BCUT2D eigenvalue weighted by Crippen LogP contribution is 2.31. The van der Waals surface area contributed by atoms with E-state index in [1.165, 1.54) is 25.0 Å². The Balaban J connectivity index is 2.09. The van der Waals surface area contributed by atoms with E-state index in [0.29, 0.717) is 17.7 Å². The van der Waals surface area contributed by atoms with Crippen LogP contribution in [0.5, 0.6) is 0 Å². The van der Waals surface area contributed by atoms with E-state index in [4.69, 9.17) is 5.14 Å². The smallest absolute Gasteiger partial charge is 0.251 e. The maximum Gasteiger partial charge on any atom is 0.251 e. The topological polar surface area (TPSA) is 89.3 Å². The van der Waals surface area contributed by atoms with E-state index in [-0.39, 0.29) is 10.8 Å². The SMILES string of the molecule is Cc1cc(C(=O)NCCC2CC2)cc(S(N)(=O)=O)c1. The maximum atomic E-state index is 11.9. The van der Waals surface area contributed by atoms with Gasteiger partial charge in [-0.3, -0.25) is 4.79 Å². The molecule has 1 aromatic rings. The molecule has 0 bridgehead atoms. The quantitative estimate of drug-likeness (QED) is 0.849. The Kier molecular flexibility index (Phi) is 3.91. The van der Waals surface area contributed by atoms with Gasteiger partial charge in [0.25, 0.3) is 5.91 Å². The van der Waals surface area contributed by atoms with Gasteiger partial charge in [0.05, 0.1) is 4.90 Å². The second kappa shape index (κ2) is 5.30. The lowest BCUT2D eigenvalue weighted by molar-refractivity contribution is 0.0952. The fourth-order valence-corrected chi connectivity index (χ4v) is 2.58. The van der Waals surface area contributed by atoms with Crippen LogP contribution in [-0.2, 0) is 10.0 Å². The van der Waals surface area contributed by atoms with Gasteiger partial charge in [-0.2, -0.15) is 0 Å². The Morgan fingerprint density at radius 1 is 1.37 bits per heavy atom. The number of carbonyl (C=O) groups excluding carboxylic acids is 1. The summed E-state index contributed by atoms with van der Waals surface area (Å²) in [6.45, 7) is 2.36. The van der Waals surface area contributed by atoms with Crippen LogP contribution in [0, 0.1) is 12.8 Å². The van der Waals surface area contributed by atoms with E-state index in [2.05, 4.69) is 5.32 Å². The fourth-order valence-electron chi connectivity index (χ4n) is 1.94. The molecular weight excluding hydrogens is 264 g/mol. The van der Waals surface area contributed by atoms with Gasteiger partial charge >= 0.3 is 0 Å². The summed E-state index contributed by atoms with van der Waals surface area (Å²) in [5.74, 6) is 0.493. The average molecular weight is 282 g/mol. The van der Waals surface area contributed by atoms with E-state index < -0.39 is 10.0 Å². The number of amides is 1. The number of hydrogen-bond acceptors (Lipinski definition) is 3. The summed E-state index contributed by atoms with van der Waals surface area (Å²) >= 11 is 0. The number of hydrogen-bond donors (Lipinski definition) is 2. The molecule has 0 saturated heterocycles. The Hall–Kier alpha value is -1.40. The highest BCUT2D eigenvalue weighted by atomic mass is 32.2. The molecule has 1 aliphatic rings. The van der Waals surface area contributed by atoms with Crippen LogP contribution < -0.4 is 10.5 Å². The maximum absolute atomic E-state index is 11.9. The van der Waals surface area contributed by atoms with Gasteiger partial charge in [-0.25, -0.2) is 13.6 Å². The van der Waals surface area contributed by atoms with Crippen LogP contribution in [-0.4, -0.2) is 20.9 Å². The number of carbonyl (C=O) groups is 1. The van der Waals surface area contributed by atoms with E-state index in [9.17, 15) is 13.2 Å². The Morgan fingerprint density at radius 2 is 2.05 bits per heavy atom. The number of nitrogens with one attached hydrogen (secondary N) is 1. The minimum atomic E-state index is -3.79. The van der Waals surface area contributed by atoms with Gasteiger partial charge in [-0.1, -0.05) is 12.8 Å². The van der Waals surface area contributed by atoms with Crippen molar-refractivity contribution in [2.24, 2.45) is 11.1 Å². The lowest BCUT2D eigenvalue weighted by atomic mass is 10.1. The van der Waals surface area contributed by atoms with Crippen molar-refractivity contribution in [2.45, 2.75) is 31.1 Å². The molecule has 5 nitrogen and oxygen atoms in total. The van der Waals surface area contributed by atoms with Crippen LogP contribution in [0.3, 0.4) is 0 Å². The van der Waals surface area contributed by atoms with Gasteiger partial charge in [0, 0.05) is 12.1 Å². The number of benzene rings is 1. The average Bonchev–Trinajstić information content (AvgIpc) is 3.11. The molecule has 1 fully saturated rings. The summed E-state index contributed by atoms with van der Waals surface area (Å²) in [5.41, 5.74) is 1.03. The molecule has 6 heteroatoms. The zero-order valence-corrected chi connectivity index (χ0v) is 11.7. The van der Waals surface area contributed by atoms with Crippen LogP contribution in [0.1, 0.15) is 35.2 Å². The normalized spacial score (nSPS) is 15.3. The molecule has 1 aromatic carbocycles. The molecule has 2 rings (SSSR count). The van der Waals surface area contributed by atoms with E-state index in [1.807, 2.05) is 0 Å². The lowest BCUT2D eigenvalue weighted by Crippen LogP contribution is -2.25. The Morgan fingerprint density at radius 3 is 2.63 bits per heavy atom. The Bertz CT molecular complexity index is 592. The van der Waals surface area contributed by atoms with Crippen molar-refractivity contribution >= 4 is 15.9 Å². The Labute approximate surface area is 113 Å². The minimum absolute atomic E-state index is 0.0279. The largest absolute Gasteiger partial charge is 0.352 e. The van der Waals surface area contributed by atoms with Crippen molar-refractivity contribution in [3.05, 3.63) is 29.3 Å². The van der Waals surface area contributed by atoms with Crippen molar-refractivity contribution in [1.29, 1.82) is 0 Å². The highest BCUT2D eigenvalue weighted by molar-refractivity contribution is 7.89. The molecule has 1 aliphatic carbocycles. The van der Waals surface area contributed by atoms with Gasteiger partial charge in [0.15, 0.2) is 0 Å². The molecule has 0 atom stereocenters. The zero-order valence-electron chi connectivity index (χ0n) is 10.8. The van der Waals surface area contributed by atoms with Crippen molar-refractivity contribution in [3.8, 4) is 0 Å². The molecule has 3 N–H and O–H groups in total. The van der Waals surface area contributed by atoms with Gasteiger partial charge in [0.2, 0.25) is 10.0 Å². The molecule has 0 heterocycles. The molecule has 19 heavy (non-hydrogen) atoms. The first-order valence-corrected chi connectivity index (χ1v) is 7.83. The first-order chi connectivity index (χ1) is 8.86. The minimum Gasteiger partial charge on any atom is -0.352 e. The molecule has 0 radical (unpaired) electrons.